The molecule has 0 aliphatic carbocycles. The Bertz CT molecular complexity index is 381. The minimum Gasteiger partial charge on any atom is -0.491 e. The van der Waals surface area contributed by atoms with Crippen molar-refractivity contribution in [2.24, 2.45) is 5.92 Å². The molecule has 0 bridgehead atoms. The largest absolute Gasteiger partial charge is 0.491 e. The number of benzene rings is 1. The molecular weight excluding hydrogens is 252 g/mol. The number of hydrogen-bond acceptors (Lipinski definition) is 4. The molecule has 0 amide bonds. The molecule has 4 nitrogen and oxygen atoms in total. The second-order valence-electron chi connectivity index (χ2n) is 5.51. The molecule has 0 atom stereocenters. The van der Waals surface area contributed by atoms with E-state index in [-0.39, 0.29) is 6.61 Å². The lowest BCUT2D eigenvalue weighted by Gasteiger charge is -2.12. The van der Waals surface area contributed by atoms with Gasteiger partial charge in [-0.2, -0.15) is 0 Å². The van der Waals surface area contributed by atoms with Crippen LogP contribution in [-0.4, -0.2) is 31.4 Å². The number of nitrogens with one attached hydrogen (secondary N) is 1. The van der Waals surface area contributed by atoms with E-state index in [2.05, 4.69) is 25.2 Å². The van der Waals surface area contributed by atoms with Crippen molar-refractivity contribution < 1.29 is 9.84 Å². The number of hydrogen-bond donors (Lipinski definition) is 3. The molecule has 0 saturated carbocycles. The highest BCUT2D eigenvalue weighted by Gasteiger charge is 2.03. The molecule has 4 heteroatoms. The highest BCUT2D eigenvalue weighted by molar-refractivity contribution is 5.54. The summed E-state index contributed by atoms with van der Waals surface area (Å²) in [6, 6.07) is 6.05. The summed E-state index contributed by atoms with van der Waals surface area (Å²) in [5, 5.41) is 12.0. The Hall–Kier alpha value is -1.26. The van der Waals surface area contributed by atoms with Gasteiger partial charge >= 0.3 is 0 Å². The second-order valence-corrected chi connectivity index (χ2v) is 5.51. The summed E-state index contributed by atoms with van der Waals surface area (Å²) < 4.78 is 5.66. The van der Waals surface area contributed by atoms with Gasteiger partial charge in [0.05, 0.1) is 12.3 Å². The van der Waals surface area contributed by atoms with Crippen molar-refractivity contribution in [2.45, 2.75) is 33.1 Å². The number of aryl methyl sites for hydroxylation is 1. The molecule has 114 valence electrons. The predicted octanol–water partition coefficient (Wildman–Crippen LogP) is 2.21. The normalized spacial score (nSPS) is 11.0. The fourth-order valence-corrected chi connectivity index (χ4v) is 1.89. The smallest absolute Gasteiger partial charge is 0.142 e. The lowest BCUT2D eigenvalue weighted by atomic mass is 10.1. The van der Waals surface area contributed by atoms with E-state index < -0.39 is 0 Å². The summed E-state index contributed by atoms with van der Waals surface area (Å²) in [6.07, 6.45) is 2.88. The van der Waals surface area contributed by atoms with Crippen LogP contribution in [0.3, 0.4) is 0 Å². The van der Waals surface area contributed by atoms with Gasteiger partial charge in [-0.05, 0) is 56.0 Å². The number of aliphatic hydroxyl groups excluding tert-OH is 1. The molecule has 1 aromatic rings. The Kier molecular flexibility index (Phi) is 8.07. The summed E-state index contributed by atoms with van der Waals surface area (Å²) in [5.74, 6) is 1.28. The summed E-state index contributed by atoms with van der Waals surface area (Å²) in [7, 11) is 0. The van der Waals surface area contributed by atoms with Crippen LogP contribution in [0.5, 0.6) is 5.75 Å². The Balaban J connectivity index is 2.31. The predicted molar refractivity (Wildman–Crippen MR) is 84.1 cm³/mol. The zero-order valence-corrected chi connectivity index (χ0v) is 12.7. The number of anilines is 1. The molecule has 0 saturated heterocycles. The van der Waals surface area contributed by atoms with Crippen LogP contribution < -0.4 is 15.8 Å². The Morgan fingerprint density at radius 2 is 2.00 bits per heavy atom. The van der Waals surface area contributed by atoms with E-state index >= 15 is 0 Å². The van der Waals surface area contributed by atoms with Crippen LogP contribution in [0.4, 0.5) is 5.69 Å². The van der Waals surface area contributed by atoms with Crippen LogP contribution in [0.2, 0.25) is 0 Å². The van der Waals surface area contributed by atoms with Gasteiger partial charge in [0.2, 0.25) is 0 Å². The van der Waals surface area contributed by atoms with Crippen molar-refractivity contribution in [3.8, 4) is 5.75 Å². The topological polar surface area (TPSA) is 67.5 Å². The second kappa shape index (κ2) is 9.61. The molecule has 0 spiro atoms. The maximum absolute atomic E-state index is 8.67. The Labute approximate surface area is 122 Å². The minimum absolute atomic E-state index is 0.251. The van der Waals surface area contributed by atoms with Crippen LogP contribution in [-0.2, 0) is 6.42 Å². The third-order valence-electron chi connectivity index (χ3n) is 2.98. The first kappa shape index (κ1) is 16.8. The van der Waals surface area contributed by atoms with Crippen molar-refractivity contribution in [3.63, 3.8) is 0 Å². The summed E-state index contributed by atoms with van der Waals surface area (Å²) >= 11 is 0. The molecule has 0 unspecified atom stereocenters. The van der Waals surface area contributed by atoms with Crippen LogP contribution in [0.1, 0.15) is 32.3 Å². The molecule has 0 aromatic heterocycles. The van der Waals surface area contributed by atoms with Gasteiger partial charge in [0.25, 0.3) is 0 Å². The van der Waals surface area contributed by atoms with Gasteiger partial charge in [-0.3, -0.25) is 0 Å². The van der Waals surface area contributed by atoms with Crippen molar-refractivity contribution >= 4 is 5.69 Å². The molecule has 20 heavy (non-hydrogen) atoms. The van der Waals surface area contributed by atoms with Gasteiger partial charge in [0.1, 0.15) is 5.75 Å². The summed E-state index contributed by atoms with van der Waals surface area (Å²) in [4.78, 5) is 0. The summed E-state index contributed by atoms with van der Waals surface area (Å²) in [6.45, 7) is 7.02. The maximum Gasteiger partial charge on any atom is 0.142 e. The van der Waals surface area contributed by atoms with Crippen molar-refractivity contribution in [3.05, 3.63) is 23.8 Å². The molecule has 1 rings (SSSR count). The number of aliphatic hydroxyl groups is 1. The summed E-state index contributed by atoms with van der Waals surface area (Å²) in [5.41, 5.74) is 7.97. The van der Waals surface area contributed by atoms with E-state index in [9.17, 15) is 0 Å². The lowest BCUT2D eigenvalue weighted by Crippen LogP contribution is -2.18. The fraction of sp³-hybridized carbons (Fsp3) is 0.625. The van der Waals surface area contributed by atoms with Gasteiger partial charge in [0.15, 0.2) is 0 Å². The van der Waals surface area contributed by atoms with Crippen LogP contribution in [0.25, 0.3) is 0 Å². The van der Waals surface area contributed by atoms with Gasteiger partial charge < -0.3 is 20.9 Å². The molecule has 0 aliphatic heterocycles. The van der Waals surface area contributed by atoms with Gasteiger partial charge in [0, 0.05) is 6.61 Å². The van der Waals surface area contributed by atoms with Crippen molar-refractivity contribution in [2.75, 3.05) is 32.0 Å². The zero-order chi connectivity index (χ0) is 14.8. The van der Waals surface area contributed by atoms with Crippen LogP contribution in [0, 0.1) is 5.92 Å². The first-order valence-corrected chi connectivity index (χ1v) is 7.46. The molecule has 0 fully saturated rings. The average Bonchev–Trinajstić information content (AvgIpc) is 2.41. The van der Waals surface area contributed by atoms with Crippen LogP contribution in [0.15, 0.2) is 18.2 Å². The molecular formula is C16H28N2O2. The Morgan fingerprint density at radius 3 is 2.65 bits per heavy atom. The standard InChI is InChI=1S/C16H28N2O2/c1-13(2)12-20-16-7-6-14(11-15(16)17)5-3-8-18-9-4-10-19/h6-7,11,13,18-19H,3-5,8-10,12,17H2,1-2H3. The third kappa shape index (κ3) is 6.78. The highest BCUT2D eigenvalue weighted by Crippen LogP contribution is 2.23. The van der Waals surface area contributed by atoms with Gasteiger partial charge in [-0.25, -0.2) is 0 Å². The monoisotopic (exact) mass is 280 g/mol. The van der Waals surface area contributed by atoms with Crippen molar-refractivity contribution in [1.82, 2.24) is 5.32 Å². The molecule has 1 aromatic carbocycles. The quantitative estimate of drug-likeness (QED) is 0.454. The number of ether oxygens (including phenoxy) is 1. The molecule has 4 N–H and O–H groups in total. The fourth-order valence-electron chi connectivity index (χ4n) is 1.89. The zero-order valence-electron chi connectivity index (χ0n) is 12.7. The highest BCUT2D eigenvalue weighted by atomic mass is 16.5. The third-order valence-corrected chi connectivity index (χ3v) is 2.98. The van der Waals surface area contributed by atoms with E-state index in [1.165, 1.54) is 5.56 Å². The lowest BCUT2D eigenvalue weighted by molar-refractivity contribution is 0.272. The van der Waals surface area contributed by atoms with Crippen molar-refractivity contribution in [1.29, 1.82) is 0 Å². The Morgan fingerprint density at radius 1 is 1.25 bits per heavy atom. The number of nitrogen functional groups attached to an aromatic ring is 1. The first-order valence-electron chi connectivity index (χ1n) is 7.46. The average molecular weight is 280 g/mol. The van der Waals surface area contributed by atoms with Gasteiger partial charge in [-0.15, -0.1) is 0 Å². The molecule has 0 heterocycles. The maximum atomic E-state index is 8.67. The minimum atomic E-state index is 0.251. The molecule has 0 aliphatic rings. The number of rotatable bonds is 10. The SMILES string of the molecule is CC(C)COc1ccc(CCCNCCCO)cc1N. The van der Waals surface area contributed by atoms with E-state index in [4.69, 9.17) is 15.6 Å². The molecule has 0 radical (unpaired) electrons. The van der Waals surface area contributed by atoms with E-state index in [0.717, 1.165) is 43.8 Å². The number of nitrogens with two attached hydrogens (primary N) is 1. The first-order chi connectivity index (χ1) is 9.63. The van der Waals surface area contributed by atoms with Crippen LogP contribution >= 0.6 is 0 Å². The van der Waals surface area contributed by atoms with E-state index in [1.807, 2.05) is 12.1 Å². The van der Waals surface area contributed by atoms with E-state index in [1.54, 1.807) is 0 Å². The van der Waals surface area contributed by atoms with E-state index in [0.29, 0.717) is 12.5 Å². The van der Waals surface area contributed by atoms with Gasteiger partial charge in [-0.1, -0.05) is 19.9 Å².